The van der Waals surface area contributed by atoms with Crippen LogP contribution in [0.5, 0.6) is 0 Å². The first-order valence-corrected chi connectivity index (χ1v) is 17.9. The van der Waals surface area contributed by atoms with Gasteiger partial charge in [-0.1, -0.05) is 58.6 Å². The summed E-state index contributed by atoms with van der Waals surface area (Å²) in [5.74, 6) is 0.343. The van der Waals surface area contributed by atoms with Gasteiger partial charge in [0, 0.05) is 35.5 Å². The van der Waals surface area contributed by atoms with Crippen molar-refractivity contribution in [3.8, 4) is 6.07 Å². The molecule has 7 nitrogen and oxygen atoms in total. The molecule has 256 valence electrons. The predicted molar refractivity (Wildman–Crippen MR) is 190 cm³/mol. The van der Waals surface area contributed by atoms with Crippen molar-refractivity contribution < 1.29 is 18.6 Å². The fourth-order valence-electron chi connectivity index (χ4n) is 6.65. The minimum absolute atomic E-state index is 0.116. The van der Waals surface area contributed by atoms with E-state index in [1.165, 1.54) is 18.9 Å². The van der Waals surface area contributed by atoms with Gasteiger partial charge in [0.2, 0.25) is 0 Å². The highest BCUT2D eigenvalue weighted by atomic mass is 32.1. The van der Waals surface area contributed by atoms with Crippen LogP contribution in [0.15, 0.2) is 51.0 Å². The fourth-order valence-corrected chi connectivity index (χ4v) is 7.65. The van der Waals surface area contributed by atoms with E-state index in [2.05, 4.69) is 30.1 Å². The van der Waals surface area contributed by atoms with Gasteiger partial charge in [0.25, 0.3) is 0 Å². The first-order valence-electron chi connectivity index (χ1n) is 17.1. The average Bonchev–Trinajstić information content (AvgIpc) is 3.79. The number of likely N-dealkylation sites (tertiary alicyclic amines) is 1. The number of allylic oxidation sites excluding steroid dienone is 3. The van der Waals surface area contributed by atoms with Crippen LogP contribution < -0.4 is 11.1 Å². The van der Waals surface area contributed by atoms with E-state index in [0.29, 0.717) is 47.7 Å². The number of nitriles is 1. The van der Waals surface area contributed by atoms with E-state index in [4.69, 9.17) is 20.6 Å². The molecule has 0 spiro atoms. The number of aliphatic imine (C=N–C) groups is 1. The number of thiophene rings is 1. The zero-order valence-corrected chi connectivity index (χ0v) is 29.8. The minimum atomic E-state index is -0.847. The number of nitrogens with zero attached hydrogens (tertiary/aromatic N) is 3. The standard InChI is InChI=1S/C33H41F2N5OS.C4H10O/c1-6-9-10-11-25-19(5)12-13-40(25)33-38-15-21-22-16-41-17-23(22)27(29(35)30(21)39-33)26(18(4)7-2)28-20(14-36)32(37)42-31(28)24(34)8-3;1-3-4(2)5/h8,15,19,25,30H,6-7,9-13,16-17,37H2,1-5H3,(H,38,39);4-5H,3H2,1-2H3/b24-8+,26-18+;. The molecule has 4 N–H and O–H groups in total. The second-order valence-corrected chi connectivity index (χ2v) is 13.9. The first-order chi connectivity index (χ1) is 22.5. The Balaban J connectivity index is 0.000000930. The summed E-state index contributed by atoms with van der Waals surface area (Å²) in [6.45, 7) is 15.2. The number of unbranched alkanes of at least 4 members (excludes halogenated alkanes) is 2. The summed E-state index contributed by atoms with van der Waals surface area (Å²) >= 11 is 1.02. The number of aliphatic hydroxyl groups is 1. The average molecular weight is 668 g/mol. The predicted octanol–water partition coefficient (Wildman–Crippen LogP) is 8.56. The Bertz CT molecular complexity index is 1560. The third kappa shape index (κ3) is 7.43. The van der Waals surface area contributed by atoms with E-state index in [1.807, 2.05) is 27.0 Å². The normalized spacial score (nSPS) is 23.6. The Morgan fingerprint density at radius 3 is 2.62 bits per heavy atom. The molecule has 1 aromatic rings. The number of nitrogen functional groups attached to an aromatic ring is 1. The van der Waals surface area contributed by atoms with Gasteiger partial charge in [-0.05, 0) is 69.1 Å². The highest BCUT2D eigenvalue weighted by molar-refractivity contribution is 7.17. The number of nitrogens with one attached hydrogen (secondary N) is 1. The molecule has 0 radical (unpaired) electrons. The molecule has 0 saturated carbocycles. The van der Waals surface area contributed by atoms with Gasteiger partial charge >= 0.3 is 0 Å². The molecular formula is C37H51F2N5O2S. The van der Waals surface area contributed by atoms with E-state index >= 15 is 8.78 Å². The van der Waals surface area contributed by atoms with Gasteiger partial charge in [0.1, 0.15) is 28.8 Å². The van der Waals surface area contributed by atoms with Gasteiger partial charge in [-0.3, -0.25) is 0 Å². The van der Waals surface area contributed by atoms with E-state index in [-0.39, 0.29) is 28.2 Å². The highest BCUT2D eigenvalue weighted by Gasteiger charge is 2.42. The topological polar surface area (TPSA) is 107 Å². The molecule has 47 heavy (non-hydrogen) atoms. The smallest absolute Gasteiger partial charge is 0.199 e. The van der Waals surface area contributed by atoms with Crippen LogP contribution in [0, 0.1) is 17.2 Å². The number of aliphatic hydroxyl groups excluding tert-OH is 1. The molecule has 1 aliphatic carbocycles. The van der Waals surface area contributed by atoms with Crippen LogP contribution in [0.25, 0.3) is 11.4 Å². The van der Waals surface area contributed by atoms with E-state index in [0.717, 1.165) is 65.9 Å². The molecule has 4 unspecified atom stereocenters. The summed E-state index contributed by atoms with van der Waals surface area (Å²) in [6, 6.07) is 1.68. The molecular weight excluding hydrogens is 617 g/mol. The molecule has 0 amide bonds. The van der Waals surface area contributed by atoms with Gasteiger partial charge in [-0.15, -0.1) is 11.3 Å². The quantitative estimate of drug-likeness (QED) is 0.228. The third-order valence-corrected chi connectivity index (χ3v) is 10.7. The van der Waals surface area contributed by atoms with Crippen molar-refractivity contribution in [3.05, 3.63) is 62.0 Å². The maximum atomic E-state index is 17.1. The summed E-state index contributed by atoms with van der Waals surface area (Å²) in [7, 11) is 0. The number of fused-ring (bicyclic) bond motifs is 2. The molecule has 5 rings (SSSR count). The zero-order valence-electron chi connectivity index (χ0n) is 29.0. The van der Waals surface area contributed by atoms with Crippen molar-refractivity contribution in [1.29, 1.82) is 5.26 Å². The summed E-state index contributed by atoms with van der Waals surface area (Å²) in [5, 5.41) is 22.1. The van der Waals surface area contributed by atoms with Gasteiger partial charge in [0.05, 0.1) is 29.8 Å². The number of nitrogens with two attached hydrogens (primary N) is 1. The summed E-state index contributed by atoms with van der Waals surface area (Å²) in [6.07, 6.45) is 10.3. The Morgan fingerprint density at radius 2 is 2.00 bits per heavy atom. The SMILES string of the molecule is C/C=C(/F)c1sc(N)c(C#N)c1/C(C1=C(F)C2N=C(N3CCC(C)C3CCCCC)NC=C2C2=C1COC2)=C(\C)CC.CCC(C)O. The van der Waals surface area contributed by atoms with Crippen LogP contribution in [-0.2, 0) is 4.74 Å². The molecule has 1 aromatic heterocycles. The van der Waals surface area contributed by atoms with Crippen LogP contribution in [0.3, 0.4) is 0 Å². The Morgan fingerprint density at radius 1 is 1.30 bits per heavy atom. The number of hydrogen-bond donors (Lipinski definition) is 3. The van der Waals surface area contributed by atoms with E-state index < -0.39 is 17.7 Å². The molecule has 0 aromatic carbocycles. The van der Waals surface area contributed by atoms with Crippen molar-refractivity contribution in [2.24, 2.45) is 10.9 Å². The second-order valence-electron chi connectivity index (χ2n) is 12.9. The molecule has 10 heteroatoms. The molecule has 0 bridgehead atoms. The first kappa shape index (κ1) is 36.6. The summed E-state index contributed by atoms with van der Waals surface area (Å²) in [5.41, 5.74) is 10.9. The Hall–Kier alpha value is -3.26. The van der Waals surface area contributed by atoms with Crippen LogP contribution in [0.4, 0.5) is 13.8 Å². The van der Waals surface area contributed by atoms with Crippen molar-refractivity contribution >= 4 is 33.7 Å². The second kappa shape index (κ2) is 16.2. The Kier molecular flexibility index (Phi) is 12.6. The number of hydrogen-bond acceptors (Lipinski definition) is 8. The minimum Gasteiger partial charge on any atom is -0.393 e. The lowest BCUT2D eigenvalue weighted by atomic mass is 9.78. The fraction of sp³-hybridized carbons (Fsp3) is 0.568. The number of rotatable bonds is 9. The van der Waals surface area contributed by atoms with Crippen LogP contribution in [0.2, 0.25) is 0 Å². The van der Waals surface area contributed by atoms with Crippen LogP contribution in [0.1, 0.15) is 109 Å². The molecule has 1 saturated heterocycles. The maximum absolute atomic E-state index is 17.1. The van der Waals surface area contributed by atoms with Crippen LogP contribution >= 0.6 is 11.3 Å². The lowest BCUT2D eigenvalue weighted by molar-refractivity contribution is 0.191. The maximum Gasteiger partial charge on any atom is 0.199 e. The monoisotopic (exact) mass is 667 g/mol. The highest BCUT2D eigenvalue weighted by Crippen LogP contribution is 2.51. The van der Waals surface area contributed by atoms with Gasteiger partial charge in [-0.25, -0.2) is 13.8 Å². The lowest BCUT2D eigenvalue weighted by Crippen LogP contribution is -2.46. The summed E-state index contributed by atoms with van der Waals surface area (Å²) < 4.78 is 38.3. The van der Waals surface area contributed by atoms with Gasteiger partial charge in [0.15, 0.2) is 5.96 Å². The van der Waals surface area contributed by atoms with Crippen LogP contribution in [-0.4, -0.2) is 53.9 Å². The summed E-state index contributed by atoms with van der Waals surface area (Å²) in [4.78, 5) is 7.58. The zero-order chi connectivity index (χ0) is 34.4. The third-order valence-electron chi connectivity index (χ3n) is 9.71. The van der Waals surface area contributed by atoms with Crippen molar-refractivity contribution in [2.45, 2.75) is 112 Å². The van der Waals surface area contributed by atoms with Gasteiger partial charge < -0.3 is 25.8 Å². The molecule has 4 aliphatic rings. The van der Waals surface area contributed by atoms with Gasteiger partial charge in [-0.2, -0.15) is 5.26 Å². The van der Waals surface area contributed by atoms with Crippen molar-refractivity contribution in [3.63, 3.8) is 0 Å². The molecule has 4 atom stereocenters. The van der Waals surface area contributed by atoms with E-state index in [9.17, 15) is 5.26 Å². The largest absolute Gasteiger partial charge is 0.393 e. The molecule has 4 heterocycles. The lowest BCUT2D eigenvalue weighted by Gasteiger charge is -2.35. The Labute approximate surface area is 283 Å². The van der Waals surface area contributed by atoms with Crippen molar-refractivity contribution in [1.82, 2.24) is 10.2 Å². The van der Waals surface area contributed by atoms with Crippen molar-refractivity contribution in [2.75, 3.05) is 25.5 Å². The number of ether oxygens (including phenoxy) is 1. The molecule has 3 aliphatic heterocycles. The van der Waals surface area contributed by atoms with E-state index in [1.54, 1.807) is 13.8 Å². The molecule has 1 fully saturated rings. The number of anilines is 1. The number of guanidine groups is 1. The number of halogens is 2.